The molecular formula is C18H29NO. The molecule has 1 aliphatic carbocycles. The van der Waals surface area contributed by atoms with Crippen LogP contribution in [-0.4, -0.2) is 12.6 Å². The van der Waals surface area contributed by atoms with Gasteiger partial charge in [0.15, 0.2) is 0 Å². The molecule has 0 saturated heterocycles. The summed E-state index contributed by atoms with van der Waals surface area (Å²) in [6, 6.07) is 10.6. The molecule has 4 atom stereocenters. The van der Waals surface area contributed by atoms with E-state index in [1.807, 2.05) is 6.07 Å². The van der Waals surface area contributed by atoms with E-state index in [9.17, 15) is 0 Å². The van der Waals surface area contributed by atoms with Gasteiger partial charge in [0.1, 0.15) is 0 Å². The smallest absolute Gasteiger partial charge is 0.0978 e. The number of hydrogen-bond donors (Lipinski definition) is 1. The van der Waals surface area contributed by atoms with Gasteiger partial charge in [-0.05, 0) is 49.5 Å². The van der Waals surface area contributed by atoms with Gasteiger partial charge in [-0.15, -0.1) is 0 Å². The highest BCUT2D eigenvalue weighted by Gasteiger charge is 2.33. The van der Waals surface area contributed by atoms with E-state index in [0.29, 0.717) is 12.5 Å². The Kier molecular flexibility index (Phi) is 5.62. The van der Waals surface area contributed by atoms with Gasteiger partial charge in [-0.25, -0.2) is 0 Å². The molecule has 20 heavy (non-hydrogen) atoms. The van der Waals surface area contributed by atoms with Gasteiger partial charge in [-0.2, -0.15) is 0 Å². The van der Waals surface area contributed by atoms with E-state index in [4.69, 9.17) is 10.5 Å². The molecule has 1 aromatic carbocycles. The van der Waals surface area contributed by atoms with Crippen molar-refractivity contribution in [2.75, 3.05) is 6.61 Å². The van der Waals surface area contributed by atoms with E-state index in [1.165, 1.54) is 24.8 Å². The van der Waals surface area contributed by atoms with E-state index in [2.05, 4.69) is 45.0 Å². The first-order chi connectivity index (χ1) is 9.61. The van der Waals surface area contributed by atoms with Crippen LogP contribution >= 0.6 is 0 Å². The van der Waals surface area contributed by atoms with Gasteiger partial charge >= 0.3 is 0 Å². The van der Waals surface area contributed by atoms with Crippen molar-refractivity contribution in [1.82, 2.24) is 0 Å². The van der Waals surface area contributed by atoms with Crippen molar-refractivity contribution >= 4 is 0 Å². The molecule has 4 unspecified atom stereocenters. The monoisotopic (exact) mass is 275 g/mol. The van der Waals surface area contributed by atoms with E-state index in [1.54, 1.807) is 0 Å². The molecular weight excluding hydrogens is 246 g/mol. The van der Waals surface area contributed by atoms with E-state index < -0.39 is 0 Å². The minimum atomic E-state index is 0.0312. The summed E-state index contributed by atoms with van der Waals surface area (Å²) in [4.78, 5) is 0. The molecule has 2 rings (SSSR count). The molecule has 0 heterocycles. The van der Waals surface area contributed by atoms with Crippen molar-refractivity contribution in [2.24, 2.45) is 23.5 Å². The molecule has 0 amide bonds. The standard InChI is InChI=1S/C18H29NO/c1-4-20-18(15-8-6-5-7-9-15)17(19)16-11-13(2)10-14(3)12-16/h5-9,13-14,16-18H,4,10-12,19H2,1-3H3. The van der Waals surface area contributed by atoms with Crippen molar-refractivity contribution in [3.05, 3.63) is 35.9 Å². The minimum absolute atomic E-state index is 0.0312. The normalized spacial score (nSPS) is 29.9. The van der Waals surface area contributed by atoms with Crippen LogP contribution in [0.1, 0.15) is 51.7 Å². The van der Waals surface area contributed by atoms with Crippen LogP contribution in [0.5, 0.6) is 0 Å². The summed E-state index contributed by atoms with van der Waals surface area (Å²) in [5.41, 5.74) is 7.83. The van der Waals surface area contributed by atoms with Crippen molar-refractivity contribution in [1.29, 1.82) is 0 Å². The van der Waals surface area contributed by atoms with Crippen molar-refractivity contribution in [3.63, 3.8) is 0 Å². The molecule has 1 fully saturated rings. The third-order valence-electron chi connectivity index (χ3n) is 4.58. The van der Waals surface area contributed by atoms with E-state index >= 15 is 0 Å². The summed E-state index contributed by atoms with van der Waals surface area (Å²) >= 11 is 0. The molecule has 0 aromatic heterocycles. The van der Waals surface area contributed by atoms with Gasteiger partial charge in [0, 0.05) is 12.6 Å². The Morgan fingerprint density at radius 2 is 1.70 bits per heavy atom. The van der Waals surface area contributed by atoms with Crippen LogP contribution in [0.2, 0.25) is 0 Å². The van der Waals surface area contributed by atoms with Crippen LogP contribution in [0, 0.1) is 17.8 Å². The lowest BCUT2D eigenvalue weighted by molar-refractivity contribution is 0.0146. The first-order valence-corrected chi connectivity index (χ1v) is 8.04. The van der Waals surface area contributed by atoms with Gasteiger partial charge in [-0.3, -0.25) is 0 Å². The highest BCUT2D eigenvalue weighted by Crippen LogP contribution is 2.38. The molecule has 1 aromatic rings. The lowest BCUT2D eigenvalue weighted by atomic mass is 9.72. The van der Waals surface area contributed by atoms with E-state index in [-0.39, 0.29) is 12.1 Å². The largest absolute Gasteiger partial charge is 0.372 e. The molecule has 0 spiro atoms. The highest BCUT2D eigenvalue weighted by molar-refractivity contribution is 5.19. The van der Waals surface area contributed by atoms with Gasteiger partial charge in [-0.1, -0.05) is 44.2 Å². The predicted molar refractivity (Wildman–Crippen MR) is 84.5 cm³/mol. The average molecular weight is 275 g/mol. The first kappa shape index (κ1) is 15.5. The highest BCUT2D eigenvalue weighted by atomic mass is 16.5. The topological polar surface area (TPSA) is 35.2 Å². The second kappa shape index (κ2) is 7.24. The second-order valence-electron chi connectivity index (χ2n) is 6.54. The maximum Gasteiger partial charge on any atom is 0.0978 e. The number of rotatable bonds is 5. The quantitative estimate of drug-likeness (QED) is 0.875. The Bertz CT molecular complexity index is 382. The zero-order chi connectivity index (χ0) is 14.5. The molecule has 2 N–H and O–H groups in total. The van der Waals surface area contributed by atoms with Gasteiger partial charge in [0.2, 0.25) is 0 Å². The van der Waals surface area contributed by atoms with Crippen molar-refractivity contribution in [3.8, 4) is 0 Å². The summed E-state index contributed by atoms with van der Waals surface area (Å²) < 4.78 is 5.99. The van der Waals surface area contributed by atoms with Crippen LogP contribution in [0.4, 0.5) is 0 Å². The number of hydrogen-bond acceptors (Lipinski definition) is 2. The summed E-state index contributed by atoms with van der Waals surface area (Å²) in [5.74, 6) is 2.14. The molecule has 1 aliphatic rings. The fraction of sp³-hybridized carbons (Fsp3) is 0.667. The summed E-state index contributed by atoms with van der Waals surface area (Å²) in [6.45, 7) is 7.47. The molecule has 2 heteroatoms. The van der Waals surface area contributed by atoms with Crippen LogP contribution in [0.3, 0.4) is 0 Å². The van der Waals surface area contributed by atoms with Crippen molar-refractivity contribution < 1.29 is 4.74 Å². The minimum Gasteiger partial charge on any atom is -0.372 e. The third kappa shape index (κ3) is 3.83. The Morgan fingerprint density at radius 3 is 2.25 bits per heavy atom. The Balaban J connectivity index is 2.12. The SMILES string of the molecule is CCOC(c1ccccc1)C(N)C1CC(C)CC(C)C1. The summed E-state index contributed by atoms with van der Waals surface area (Å²) in [6.07, 6.45) is 3.85. The number of nitrogens with two attached hydrogens (primary N) is 1. The molecule has 0 aliphatic heterocycles. The second-order valence-corrected chi connectivity index (χ2v) is 6.54. The summed E-state index contributed by atoms with van der Waals surface area (Å²) in [5, 5.41) is 0. The fourth-order valence-corrected chi connectivity index (χ4v) is 3.82. The number of ether oxygens (including phenoxy) is 1. The van der Waals surface area contributed by atoms with Crippen LogP contribution in [-0.2, 0) is 4.74 Å². The molecule has 0 radical (unpaired) electrons. The van der Waals surface area contributed by atoms with Crippen LogP contribution in [0.25, 0.3) is 0 Å². The third-order valence-corrected chi connectivity index (χ3v) is 4.58. The maximum atomic E-state index is 6.61. The van der Waals surface area contributed by atoms with E-state index in [0.717, 1.165) is 11.8 Å². The first-order valence-electron chi connectivity index (χ1n) is 8.04. The summed E-state index contributed by atoms with van der Waals surface area (Å²) in [7, 11) is 0. The average Bonchev–Trinajstić information content (AvgIpc) is 2.44. The fourth-order valence-electron chi connectivity index (χ4n) is 3.82. The number of benzene rings is 1. The zero-order valence-electron chi connectivity index (χ0n) is 13.1. The van der Waals surface area contributed by atoms with Gasteiger partial charge in [0.25, 0.3) is 0 Å². The molecule has 112 valence electrons. The van der Waals surface area contributed by atoms with Crippen molar-refractivity contribution in [2.45, 2.75) is 52.2 Å². The molecule has 1 saturated carbocycles. The van der Waals surface area contributed by atoms with Crippen LogP contribution in [0.15, 0.2) is 30.3 Å². The van der Waals surface area contributed by atoms with Gasteiger partial charge in [0.05, 0.1) is 6.10 Å². The van der Waals surface area contributed by atoms with Crippen LogP contribution < -0.4 is 5.73 Å². The lowest BCUT2D eigenvalue weighted by Crippen LogP contribution is -2.41. The molecule has 2 nitrogen and oxygen atoms in total. The lowest BCUT2D eigenvalue weighted by Gasteiger charge is -2.38. The zero-order valence-corrected chi connectivity index (χ0v) is 13.1. The Hall–Kier alpha value is -0.860. The Labute approximate surface area is 123 Å². The Morgan fingerprint density at radius 1 is 1.10 bits per heavy atom. The molecule has 0 bridgehead atoms. The predicted octanol–water partition coefficient (Wildman–Crippen LogP) is 4.16. The maximum absolute atomic E-state index is 6.61. The van der Waals surface area contributed by atoms with Gasteiger partial charge < -0.3 is 10.5 Å².